The molecule has 1 saturated heterocycles. The van der Waals surface area contributed by atoms with E-state index in [2.05, 4.69) is 47.8 Å². The summed E-state index contributed by atoms with van der Waals surface area (Å²) in [6.45, 7) is 1.89. The standard InChI is InChI=1S/C17H19NO/c1-2-6-14(7-3-1)15-8-4-10-17(12-15)19-13-16-9-5-11-18-16/h1-4,6-8,10,12,16,18H,5,9,11,13H2. The first kappa shape index (κ1) is 12.2. The molecule has 0 radical (unpaired) electrons. The van der Waals surface area contributed by atoms with E-state index in [0.29, 0.717) is 6.04 Å². The number of hydrogen-bond acceptors (Lipinski definition) is 2. The van der Waals surface area contributed by atoms with E-state index in [1.807, 2.05) is 12.1 Å². The van der Waals surface area contributed by atoms with Gasteiger partial charge >= 0.3 is 0 Å². The van der Waals surface area contributed by atoms with Gasteiger partial charge in [-0.05, 0) is 42.6 Å². The van der Waals surface area contributed by atoms with E-state index in [1.54, 1.807) is 0 Å². The minimum Gasteiger partial charge on any atom is -0.492 e. The molecule has 1 N–H and O–H groups in total. The zero-order valence-electron chi connectivity index (χ0n) is 11.0. The highest BCUT2D eigenvalue weighted by Crippen LogP contribution is 2.23. The van der Waals surface area contributed by atoms with Crippen molar-refractivity contribution < 1.29 is 4.74 Å². The predicted octanol–water partition coefficient (Wildman–Crippen LogP) is 3.48. The molecule has 0 amide bonds. The second kappa shape index (κ2) is 5.89. The van der Waals surface area contributed by atoms with Gasteiger partial charge in [0.1, 0.15) is 12.4 Å². The lowest BCUT2D eigenvalue weighted by Gasteiger charge is -2.13. The summed E-state index contributed by atoms with van der Waals surface area (Å²) < 4.78 is 5.89. The summed E-state index contributed by atoms with van der Waals surface area (Å²) in [5.74, 6) is 0.954. The van der Waals surface area contributed by atoms with Crippen LogP contribution in [0.3, 0.4) is 0 Å². The highest BCUT2D eigenvalue weighted by Gasteiger charge is 2.14. The van der Waals surface area contributed by atoms with Crippen molar-refractivity contribution >= 4 is 0 Å². The van der Waals surface area contributed by atoms with Crippen molar-refractivity contribution in [1.29, 1.82) is 0 Å². The highest BCUT2D eigenvalue weighted by molar-refractivity contribution is 5.64. The van der Waals surface area contributed by atoms with Crippen molar-refractivity contribution in [3.05, 3.63) is 54.6 Å². The maximum Gasteiger partial charge on any atom is 0.119 e. The Morgan fingerprint density at radius 2 is 1.84 bits per heavy atom. The van der Waals surface area contributed by atoms with Crippen LogP contribution in [0.15, 0.2) is 54.6 Å². The zero-order chi connectivity index (χ0) is 12.9. The first-order valence-corrected chi connectivity index (χ1v) is 6.93. The van der Waals surface area contributed by atoms with Crippen LogP contribution in [-0.2, 0) is 0 Å². The number of nitrogens with one attached hydrogen (secondary N) is 1. The van der Waals surface area contributed by atoms with Crippen molar-refractivity contribution in [2.75, 3.05) is 13.2 Å². The smallest absolute Gasteiger partial charge is 0.119 e. The fourth-order valence-corrected chi connectivity index (χ4v) is 2.49. The van der Waals surface area contributed by atoms with E-state index >= 15 is 0 Å². The third kappa shape index (κ3) is 3.15. The van der Waals surface area contributed by atoms with Gasteiger partial charge in [-0.2, -0.15) is 0 Å². The molecule has 1 aliphatic rings. The number of hydrogen-bond donors (Lipinski definition) is 1. The molecule has 2 heteroatoms. The van der Waals surface area contributed by atoms with Gasteiger partial charge in [0.15, 0.2) is 0 Å². The molecule has 3 rings (SSSR count). The van der Waals surface area contributed by atoms with Gasteiger partial charge in [0.25, 0.3) is 0 Å². The Morgan fingerprint density at radius 3 is 2.63 bits per heavy atom. The molecule has 1 aliphatic heterocycles. The summed E-state index contributed by atoms with van der Waals surface area (Å²) in [6, 6.07) is 19.2. The Morgan fingerprint density at radius 1 is 1.00 bits per heavy atom. The minimum atomic E-state index is 0.514. The molecular weight excluding hydrogens is 234 g/mol. The van der Waals surface area contributed by atoms with Gasteiger partial charge < -0.3 is 10.1 Å². The molecule has 0 bridgehead atoms. The van der Waals surface area contributed by atoms with E-state index in [4.69, 9.17) is 4.74 Å². The van der Waals surface area contributed by atoms with Gasteiger partial charge in [0.2, 0.25) is 0 Å². The first-order valence-electron chi connectivity index (χ1n) is 6.93. The van der Waals surface area contributed by atoms with Crippen LogP contribution >= 0.6 is 0 Å². The van der Waals surface area contributed by atoms with Crippen molar-refractivity contribution in [1.82, 2.24) is 5.32 Å². The van der Waals surface area contributed by atoms with E-state index in [9.17, 15) is 0 Å². The fraction of sp³-hybridized carbons (Fsp3) is 0.294. The summed E-state index contributed by atoms with van der Waals surface area (Å²) in [6.07, 6.45) is 2.48. The lowest BCUT2D eigenvalue weighted by Crippen LogP contribution is -2.28. The average molecular weight is 253 g/mol. The molecule has 2 nitrogen and oxygen atoms in total. The molecule has 19 heavy (non-hydrogen) atoms. The Labute approximate surface area is 114 Å². The number of rotatable bonds is 4. The van der Waals surface area contributed by atoms with E-state index in [0.717, 1.165) is 18.9 Å². The predicted molar refractivity (Wildman–Crippen MR) is 78.4 cm³/mol. The Balaban J connectivity index is 1.69. The monoisotopic (exact) mass is 253 g/mol. The lowest BCUT2D eigenvalue weighted by atomic mass is 10.1. The third-order valence-corrected chi connectivity index (χ3v) is 3.55. The Bertz CT molecular complexity index is 518. The molecule has 0 spiro atoms. The molecule has 1 heterocycles. The normalized spacial score (nSPS) is 18.4. The SMILES string of the molecule is c1ccc(-c2cccc(OCC3CCCN3)c2)cc1. The highest BCUT2D eigenvalue weighted by atomic mass is 16.5. The Hall–Kier alpha value is -1.80. The largest absolute Gasteiger partial charge is 0.492 e. The molecule has 1 unspecified atom stereocenters. The van der Waals surface area contributed by atoms with Crippen LogP contribution in [0.25, 0.3) is 11.1 Å². The quantitative estimate of drug-likeness (QED) is 0.900. The van der Waals surface area contributed by atoms with Crippen LogP contribution < -0.4 is 10.1 Å². The topological polar surface area (TPSA) is 21.3 Å². The first-order chi connectivity index (χ1) is 9.42. The molecule has 0 saturated carbocycles. The lowest BCUT2D eigenvalue weighted by molar-refractivity contribution is 0.277. The summed E-state index contributed by atoms with van der Waals surface area (Å²) in [4.78, 5) is 0. The van der Waals surface area contributed by atoms with Gasteiger partial charge in [-0.15, -0.1) is 0 Å². The summed E-state index contributed by atoms with van der Waals surface area (Å²) in [7, 11) is 0. The molecule has 0 aliphatic carbocycles. The van der Waals surface area contributed by atoms with Crippen LogP contribution in [0.5, 0.6) is 5.75 Å². The Kier molecular flexibility index (Phi) is 3.80. The van der Waals surface area contributed by atoms with Gasteiger partial charge in [0, 0.05) is 6.04 Å². The molecule has 0 aromatic heterocycles. The van der Waals surface area contributed by atoms with E-state index in [1.165, 1.54) is 24.0 Å². The van der Waals surface area contributed by atoms with Crippen molar-refractivity contribution in [3.8, 4) is 16.9 Å². The molecule has 2 aromatic rings. The van der Waals surface area contributed by atoms with Crippen LogP contribution in [0.2, 0.25) is 0 Å². The van der Waals surface area contributed by atoms with Crippen molar-refractivity contribution in [2.24, 2.45) is 0 Å². The average Bonchev–Trinajstić information content (AvgIpc) is 3.00. The second-order valence-electron chi connectivity index (χ2n) is 5.00. The van der Waals surface area contributed by atoms with E-state index in [-0.39, 0.29) is 0 Å². The van der Waals surface area contributed by atoms with Gasteiger partial charge in [0.05, 0.1) is 0 Å². The van der Waals surface area contributed by atoms with E-state index < -0.39 is 0 Å². The third-order valence-electron chi connectivity index (χ3n) is 3.55. The van der Waals surface area contributed by atoms with Crippen LogP contribution in [0, 0.1) is 0 Å². The van der Waals surface area contributed by atoms with Gasteiger partial charge in [-0.1, -0.05) is 42.5 Å². The molecular formula is C17H19NO. The maximum absolute atomic E-state index is 5.89. The van der Waals surface area contributed by atoms with Crippen molar-refractivity contribution in [2.45, 2.75) is 18.9 Å². The fourth-order valence-electron chi connectivity index (χ4n) is 2.49. The van der Waals surface area contributed by atoms with Gasteiger partial charge in [-0.25, -0.2) is 0 Å². The van der Waals surface area contributed by atoms with Crippen molar-refractivity contribution in [3.63, 3.8) is 0 Å². The number of benzene rings is 2. The molecule has 2 aromatic carbocycles. The maximum atomic E-state index is 5.89. The number of ether oxygens (including phenoxy) is 1. The molecule has 1 fully saturated rings. The summed E-state index contributed by atoms with van der Waals surface area (Å²) >= 11 is 0. The summed E-state index contributed by atoms with van der Waals surface area (Å²) in [5.41, 5.74) is 2.43. The second-order valence-corrected chi connectivity index (χ2v) is 5.00. The minimum absolute atomic E-state index is 0.514. The van der Waals surface area contributed by atoms with Gasteiger partial charge in [-0.3, -0.25) is 0 Å². The molecule has 98 valence electrons. The molecule has 1 atom stereocenters. The van der Waals surface area contributed by atoms with Crippen LogP contribution in [0.4, 0.5) is 0 Å². The van der Waals surface area contributed by atoms with Crippen LogP contribution in [0.1, 0.15) is 12.8 Å². The zero-order valence-corrected chi connectivity index (χ0v) is 11.0. The van der Waals surface area contributed by atoms with Crippen LogP contribution in [-0.4, -0.2) is 19.2 Å². The summed E-state index contributed by atoms with van der Waals surface area (Å²) in [5, 5.41) is 3.45.